The number of hydrogen-bond donors (Lipinski definition) is 1. The molecule has 1 amide bonds. The Morgan fingerprint density at radius 1 is 1.27 bits per heavy atom. The van der Waals surface area contributed by atoms with Gasteiger partial charge in [0.25, 0.3) is 5.91 Å². The minimum absolute atomic E-state index is 0.121. The van der Waals surface area contributed by atoms with Crippen LogP contribution in [0.3, 0.4) is 0 Å². The molecule has 22 heavy (non-hydrogen) atoms. The molecule has 6 nitrogen and oxygen atoms in total. The number of para-hydroxylation sites is 1. The number of piperidine rings is 1. The van der Waals surface area contributed by atoms with Gasteiger partial charge in [-0.15, -0.1) is 5.10 Å². The van der Waals surface area contributed by atoms with Gasteiger partial charge in [0, 0.05) is 12.7 Å². The Kier molecular flexibility index (Phi) is 4.20. The summed E-state index contributed by atoms with van der Waals surface area (Å²) in [7, 11) is 1.76. The van der Waals surface area contributed by atoms with Gasteiger partial charge in [0.05, 0.1) is 11.7 Å². The standard InChI is InChI=1S/C16H21N5O/c1-12-15(16(22)20(2)13-6-4-3-5-7-13)18-19-21(12)14-8-10-17-11-9-14/h3-7,14,17H,8-11H2,1-2H3. The van der Waals surface area contributed by atoms with E-state index in [0.29, 0.717) is 11.7 Å². The number of carbonyl (C=O) groups is 1. The lowest BCUT2D eigenvalue weighted by Crippen LogP contribution is -2.30. The fourth-order valence-corrected chi connectivity index (χ4v) is 2.86. The van der Waals surface area contributed by atoms with Crippen LogP contribution in [0.1, 0.15) is 35.1 Å². The van der Waals surface area contributed by atoms with E-state index < -0.39 is 0 Å². The summed E-state index contributed by atoms with van der Waals surface area (Å²) in [5, 5.41) is 11.7. The Bertz CT molecular complexity index is 646. The first kappa shape index (κ1) is 14.7. The van der Waals surface area contributed by atoms with E-state index in [9.17, 15) is 4.79 Å². The number of rotatable bonds is 3. The van der Waals surface area contributed by atoms with Crippen LogP contribution in [0, 0.1) is 6.92 Å². The van der Waals surface area contributed by atoms with Crippen LogP contribution in [-0.2, 0) is 0 Å². The molecule has 1 aromatic carbocycles. The van der Waals surface area contributed by atoms with E-state index in [0.717, 1.165) is 37.3 Å². The van der Waals surface area contributed by atoms with Crippen LogP contribution >= 0.6 is 0 Å². The first-order chi connectivity index (χ1) is 10.7. The second kappa shape index (κ2) is 6.27. The van der Waals surface area contributed by atoms with Crippen molar-refractivity contribution in [2.75, 3.05) is 25.0 Å². The minimum Gasteiger partial charge on any atom is -0.317 e. The lowest BCUT2D eigenvalue weighted by Gasteiger charge is -2.23. The highest BCUT2D eigenvalue weighted by Gasteiger charge is 2.25. The first-order valence-electron chi connectivity index (χ1n) is 7.64. The van der Waals surface area contributed by atoms with Crippen molar-refractivity contribution in [3.8, 4) is 0 Å². The van der Waals surface area contributed by atoms with E-state index in [1.807, 2.05) is 41.9 Å². The number of anilines is 1. The number of nitrogens with zero attached hydrogens (tertiary/aromatic N) is 4. The van der Waals surface area contributed by atoms with E-state index in [1.54, 1.807) is 11.9 Å². The smallest absolute Gasteiger partial charge is 0.280 e. The van der Waals surface area contributed by atoms with Crippen molar-refractivity contribution in [3.05, 3.63) is 41.7 Å². The molecule has 0 aliphatic carbocycles. The van der Waals surface area contributed by atoms with Gasteiger partial charge >= 0.3 is 0 Å². The van der Waals surface area contributed by atoms with E-state index >= 15 is 0 Å². The molecule has 1 aliphatic heterocycles. The highest BCUT2D eigenvalue weighted by Crippen LogP contribution is 2.22. The molecule has 0 bridgehead atoms. The highest BCUT2D eigenvalue weighted by molar-refractivity contribution is 6.04. The maximum atomic E-state index is 12.7. The van der Waals surface area contributed by atoms with Gasteiger partial charge in [-0.1, -0.05) is 23.4 Å². The van der Waals surface area contributed by atoms with Crippen molar-refractivity contribution in [2.24, 2.45) is 0 Å². The average molecular weight is 299 g/mol. The Balaban J connectivity index is 1.83. The van der Waals surface area contributed by atoms with Crippen LogP contribution in [0.15, 0.2) is 30.3 Å². The predicted molar refractivity (Wildman–Crippen MR) is 85.1 cm³/mol. The predicted octanol–water partition coefficient (Wildman–Crippen LogP) is 1.79. The van der Waals surface area contributed by atoms with Gasteiger partial charge in [0.1, 0.15) is 0 Å². The second-order valence-electron chi connectivity index (χ2n) is 5.65. The molecule has 3 rings (SSSR count). The highest BCUT2D eigenvalue weighted by atomic mass is 16.2. The Morgan fingerprint density at radius 2 is 1.95 bits per heavy atom. The van der Waals surface area contributed by atoms with E-state index in [2.05, 4.69) is 15.6 Å². The summed E-state index contributed by atoms with van der Waals surface area (Å²) in [5.74, 6) is -0.121. The number of amides is 1. The second-order valence-corrected chi connectivity index (χ2v) is 5.65. The molecular weight excluding hydrogens is 278 g/mol. The van der Waals surface area contributed by atoms with E-state index in [1.165, 1.54) is 0 Å². The number of carbonyl (C=O) groups excluding carboxylic acids is 1. The summed E-state index contributed by atoms with van der Waals surface area (Å²) < 4.78 is 1.91. The third kappa shape index (κ3) is 2.74. The van der Waals surface area contributed by atoms with Gasteiger partial charge < -0.3 is 10.2 Å². The normalized spacial score (nSPS) is 15.7. The summed E-state index contributed by atoms with van der Waals surface area (Å²) in [6.07, 6.45) is 2.04. The quantitative estimate of drug-likeness (QED) is 0.938. The molecule has 1 N–H and O–H groups in total. The maximum absolute atomic E-state index is 12.7. The van der Waals surface area contributed by atoms with E-state index in [4.69, 9.17) is 0 Å². The summed E-state index contributed by atoms with van der Waals surface area (Å²) >= 11 is 0. The van der Waals surface area contributed by atoms with Gasteiger partial charge in [0.15, 0.2) is 5.69 Å². The molecule has 1 saturated heterocycles. The van der Waals surface area contributed by atoms with Crippen LogP contribution in [-0.4, -0.2) is 41.0 Å². The lowest BCUT2D eigenvalue weighted by atomic mass is 10.1. The Morgan fingerprint density at radius 3 is 2.64 bits per heavy atom. The Hall–Kier alpha value is -2.21. The molecule has 0 spiro atoms. The minimum atomic E-state index is -0.121. The fourth-order valence-electron chi connectivity index (χ4n) is 2.86. The van der Waals surface area contributed by atoms with Gasteiger partial charge in [-0.25, -0.2) is 4.68 Å². The first-order valence-corrected chi connectivity index (χ1v) is 7.64. The average Bonchev–Trinajstić information content (AvgIpc) is 2.96. The number of hydrogen-bond acceptors (Lipinski definition) is 4. The molecule has 0 atom stereocenters. The molecule has 1 aliphatic rings. The maximum Gasteiger partial charge on any atom is 0.280 e. The topological polar surface area (TPSA) is 63.1 Å². The molecule has 0 saturated carbocycles. The summed E-state index contributed by atoms with van der Waals surface area (Å²) in [6.45, 7) is 3.89. The van der Waals surface area contributed by atoms with Crippen molar-refractivity contribution in [3.63, 3.8) is 0 Å². The zero-order chi connectivity index (χ0) is 15.5. The molecule has 2 aromatic rings. The SMILES string of the molecule is Cc1c(C(=O)N(C)c2ccccc2)nnn1C1CCNCC1. The van der Waals surface area contributed by atoms with Gasteiger partial charge in [-0.2, -0.15) is 0 Å². The number of nitrogens with one attached hydrogen (secondary N) is 1. The molecule has 2 heterocycles. The third-order valence-electron chi connectivity index (χ3n) is 4.23. The monoisotopic (exact) mass is 299 g/mol. The van der Waals surface area contributed by atoms with Gasteiger partial charge in [-0.05, 0) is 45.0 Å². The Labute approximate surface area is 130 Å². The van der Waals surface area contributed by atoms with Crippen molar-refractivity contribution in [1.29, 1.82) is 0 Å². The third-order valence-corrected chi connectivity index (χ3v) is 4.23. The summed E-state index contributed by atoms with van der Waals surface area (Å²) in [4.78, 5) is 14.3. The van der Waals surface area contributed by atoms with Crippen molar-refractivity contribution < 1.29 is 4.79 Å². The van der Waals surface area contributed by atoms with Crippen LogP contribution in [0.4, 0.5) is 5.69 Å². The molecule has 1 fully saturated rings. The molecule has 0 radical (unpaired) electrons. The van der Waals surface area contributed by atoms with Crippen LogP contribution in [0.5, 0.6) is 0 Å². The van der Waals surface area contributed by atoms with E-state index in [-0.39, 0.29) is 5.91 Å². The molecule has 116 valence electrons. The zero-order valence-electron chi connectivity index (χ0n) is 13.0. The van der Waals surface area contributed by atoms with Crippen LogP contribution in [0.2, 0.25) is 0 Å². The van der Waals surface area contributed by atoms with Gasteiger partial charge in [0.2, 0.25) is 0 Å². The molecule has 6 heteroatoms. The number of benzene rings is 1. The van der Waals surface area contributed by atoms with Crippen molar-refractivity contribution >= 4 is 11.6 Å². The summed E-state index contributed by atoms with van der Waals surface area (Å²) in [5.41, 5.74) is 2.13. The number of aromatic nitrogens is 3. The van der Waals surface area contributed by atoms with Gasteiger partial charge in [-0.3, -0.25) is 4.79 Å². The molecule has 0 unspecified atom stereocenters. The van der Waals surface area contributed by atoms with Crippen LogP contribution < -0.4 is 10.2 Å². The summed E-state index contributed by atoms with van der Waals surface area (Å²) in [6, 6.07) is 9.91. The molecule has 1 aromatic heterocycles. The fraction of sp³-hybridized carbons (Fsp3) is 0.438. The van der Waals surface area contributed by atoms with Crippen molar-refractivity contribution in [2.45, 2.75) is 25.8 Å². The van der Waals surface area contributed by atoms with Crippen LogP contribution in [0.25, 0.3) is 0 Å². The zero-order valence-corrected chi connectivity index (χ0v) is 13.0. The van der Waals surface area contributed by atoms with Crippen molar-refractivity contribution in [1.82, 2.24) is 20.3 Å². The largest absolute Gasteiger partial charge is 0.317 e. The lowest BCUT2D eigenvalue weighted by molar-refractivity contribution is 0.0987. The molecular formula is C16H21N5O.